The number of hydrogen-bond acceptors (Lipinski definition) is 16. The highest BCUT2D eigenvalue weighted by Gasteiger charge is 2.47. The lowest BCUT2D eigenvalue weighted by atomic mass is 9.78. The minimum Gasteiger partial charge on any atom is -0.390 e. The lowest BCUT2D eigenvalue weighted by molar-refractivity contribution is -0.143. The van der Waals surface area contributed by atoms with Crippen LogP contribution < -0.4 is 16.4 Å². The van der Waals surface area contributed by atoms with Crippen molar-refractivity contribution in [2.75, 3.05) is 52.1 Å². The van der Waals surface area contributed by atoms with E-state index in [0.29, 0.717) is 32.3 Å². The standard InChI is InChI=1S/C30H50N7O14P/c1-3-18-12-19(22(36-17(2)38)26(42)24(18)40)48-8-5-4-6-21(39)32-7-9-46-10-11-47-16-49-27-25(41)20(13-50-52(43,44)45)51-30(27)37-15-35-23-28(31)33-14-34-29(23)37/h14-15,18-20,22,24-27,30,40-42H,3-13,16H2,1-2H3,(H,32,39)(H,36,38)(H2,31,33,34)(H2,43,44,45)/t18-,19+,20+,22-,24-,25+,26+,27+,30+/m0/s1. The zero-order chi connectivity index (χ0) is 37.8. The van der Waals surface area contributed by atoms with Crippen LogP contribution in [0.15, 0.2) is 12.7 Å². The highest BCUT2D eigenvalue weighted by molar-refractivity contribution is 7.46. The monoisotopic (exact) mass is 763 g/mol. The second-order valence-corrected chi connectivity index (χ2v) is 13.8. The van der Waals surface area contributed by atoms with Crippen molar-refractivity contribution in [2.45, 2.75) is 94.8 Å². The molecule has 2 fully saturated rings. The van der Waals surface area contributed by atoms with E-state index in [9.17, 15) is 29.5 Å². The molecule has 294 valence electrons. The van der Waals surface area contributed by atoms with Gasteiger partial charge in [-0.2, -0.15) is 0 Å². The van der Waals surface area contributed by atoms with Crippen molar-refractivity contribution in [1.82, 2.24) is 30.2 Å². The lowest BCUT2D eigenvalue weighted by Gasteiger charge is -2.42. The van der Waals surface area contributed by atoms with Gasteiger partial charge in [0.2, 0.25) is 11.8 Å². The van der Waals surface area contributed by atoms with Gasteiger partial charge >= 0.3 is 7.82 Å². The Kier molecular flexibility index (Phi) is 16.1. The topological polar surface area (TPSA) is 301 Å². The molecule has 9 N–H and O–H groups in total. The number of carbonyl (C=O) groups excluding carboxylic acids is 2. The lowest BCUT2D eigenvalue weighted by Crippen LogP contribution is -2.61. The van der Waals surface area contributed by atoms with E-state index in [4.69, 9.17) is 39.2 Å². The molecule has 0 bridgehead atoms. The maximum atomic E-state index is 12.2. The number of aliphatic hydroxyl groups excluding tert-OH is 3. The van der Waals surface area contributed by atoms with Crippen LogP contribution in [0.5, 0.6) is 0 Å². The summed E-state index contributed by atoms with van der Waals surface area (Å²) in [5.41, 5.74) is 6.44. The van der Waals surface area contributed by atoms with E-state index in [0.717, 1.165) is 0 Å². The van der Waals surface area contributed by atoms with E-state index in [1.807, 2.05) is 6.92 Å². The molecule has 1 saturated heterocycles. The number of unbranched alkanes of at least 4 members (excludes halogenated alkanes) is 1. The minimum atomic E-state index is -4.84. The number of phosphoric ester groups is 1. The van der Waals surface area contributed by atoms with E-state index < -0.39 is 63.3 Å². The Labute approximate surface area is 299 Å². The first-order valence-corrected chi connectivity index (χ1v) is 18.6. The number of carbonyl (C=O) groups is 2. The summed E-state index contributed by atoms with van der Waals surface area (Å²) in [6.07, 6.45) is -1.95. The summed E-state index contributed by atoms with van der Waals surface area (Å²) >= 11 is 0. The molecule has 2 amide bonds. The fourth-order valence-electron chi connectivity index (χ4n) is 6.15. The number of nitrogen functional groups attached to an aromatic ring is 1. The summed E-state index contributed by atoms with van der Waals surface area (Å²) < 4.78 is 45.7. The summed E-state index contributed by atoms with van der Waals surface area (Å²) in [6.45, 7) is 3.50. The number of nitrogens with zero attached hydrogens (tertiary/aromatic N) is 4. The average Bonchev–Trinajstić information content (AvgIpc) is 3.66. The third-order valence-electron chi connectivity index (χ3n) is 8.83. The second kappa shape index (κ2) is 20.0. The van der Waals surface area contributed by atoms with Crippen molar-refractivity contribution in [3.05, 3.63) is 12.7 Å². The zero-order valence-electron chi connectivity index (χ0n) is 29.1. The Hall–Kier alpha value is -2.92. The number of nitrogens with one attached hydrogen (secondary N) is 2. The van der Waals surface area contributed by atoms with Crippen molar-refractivity contribution in [1.29, 1.82) is 0 Å². The molecule has 3 heterocycles. The van der Waals surface area contributed by atoms with Gasteiger partial charge in [-0.1, -0.05) is 13.3 Å². The van der Waals surface area contributed by atoms with E-state index in [-0.39, 0.29) is 74.3 Å². The third-order valence-corrected chi connectivity index (χ3v) is 9.31. The molecule has 0 radical (unpaired) electrons. The van der Waals surface area contributed by atoms with Crippen molar-refractivity contribution in [3.63, 3.8) is 0 Å². The summed E-state index contributed by atoms with van der Waals surface area (Å²) in [5.74, 6) is -0.487. The fourth-order valence-corrected chi connectivity index (χ4v) is 6.50. The van der Waals surface area contributed by atoms with Gasteiger partial charge < -0.3 is 65.2 Å². The number of imidazole rings is 1. The zero-order valence-corrected chi connectivity index (χ0v) is 30.0. The highest BCUT2D eigenvalue weighted by Crippen LogP contribution is 2.39. The van der Waals surface area contributed by atoms with Gasteiger partial charge in [-0.05, 0) is 25.2 Å². The minimum absolute atomic E-state index is 0.115. The molecule has 4 rings (SSSR count). The first kappa shape index (κ1) is 41.8. The molecule has 2 aromatic heterocycles. The van der Waals surface area contributed by atoms with Crippen LogP contribution in [-0.4, -0.2) is 145 Å². The summed E-state index contributed by atoms with van der Waals surface area (Å²) in [7, 11) is -4.84. The molecule has 0 aromatic carbocycles. The third kappa shape index (κ3) is 11.8. The van der Waals surface area contributed by atoms with Crippen LogP contribution in [0.4, 0.5) is 5.82 Å². The number of aliphatic hydroxyl groups is 3. The smallest absolute Gasteiger partial charge is 0.390 e. The predicted octanol–water partition coefficient (Wildman–Crippen LogP) is -1.52. The van der Waals surface area contributed by atoms with E-state index in [2.05, 4.69) is 30.1 Å². The molecule has 0 unspecified atom stereocenters. The molecule has 1 aliphatic carbocycles. The molecule has 2 aliphatic rings. The Morgan fingerprint density at radius 2 is 1.81 bits per heavy atom. The number of phosphoric acid groups is 1. The Bertz CT molecular complexity index is 1480. The number of hydrogen-bond donors (Lipinski definition) is 8. The number of nitrogens with two attached hydrogens (primary N) is 1. The number of ether oxygens (including phenoxy) is 5. The highest BCUT2D eigenvalue weighted by atomic mass is 31.2. The average molecular weight is 764 g/mol. The van der Waals surface area contributed by atoms with Gasteiger partial charge in [0.05, 0.1) is 51.0 Å². The molecule has 52 heavy (non-hydrogen) atoms. The molecular weight excluding hydrogens is 713 g/mol. The number of amides is 2. The van der Waals surface area contributed by atoms with Crippen LogP contribution in [0.25, 0.3) is 11.2 Å². The summed E-state index contributed by atoms with van der Waals surface area (Å²) in [5, 5.41) is 37.2. The van der Waals surface area contributed by atoms with E-state index in [1.165, 1.54) is 24.1 Å². The predicted molar refractivity (Wildman–Crippen MR) is 179 cm³/mol. The molecule has 21 nitrogen and oxygen atoms in total. The van der Waals surface area contributed by atoms with E-state index >= 15 is 0 Å². The second-order valence-electron chi connectivity index (χ2n) is 12.5. The molecule has 1 aliphatic heterocycles. The first-order chi connectivity index (χ1) is 24.8. The Balaban J connectivity index is 1.09. The normalized spacial score (nSPS) is 27.9. The maximum absolute atomic E-state index is 12.2. The van der Waals surface area contributed by atoms with Gasteiger partial charge in [0, 0.05) is 26.5 Å². The number of fused-ring (bicyclic) bond motifs is 1. The number of anilines is 1. The summed E-state index contributed by atoms with van der Waals surface area (Å²) in [4.78, 5) is 54.3. The van der Waals surface area contributed by atoms with Crippen LogP contribution in [0.1, 0.15) is 52.2 Å². The molecular formula is C30H50N7O14P. The number of rotatable bonds is 21. The fraction of sp³-hybridized carbons (Fsp3) is 0.767. The molecule has 22 heteroatoms. The van der Waals surface area contributed by atoms with Crippen molar-refractivity contribution >= 4 is 36.6 Å². The van der Waals surface area contributed by atoms with Crippen molar-refractivity contribution in [2.24, 2.45) is 5.92 Å². The van der Waals surface area contributed by atoms with Crippen molar-refractivity contribution < 1.29 is 67.5 Å². The van der Waals surface area contributed by atoms with Crippen LogP contribution in [0.2, 0.25) is 0 Å². The van der Waals surface area contributed by atoms with Gasteiger partial charge in [-0.25, -0.2) is 19.5 Å². The molecule has 0 spiro atoms. The molecule has 2 aromatic rings. The Morgan fingerprint density at radius 1 is 1.04 bits per heavy atom. The van der Waals surface area contributed by atoms with Gasteiger partial charge in [-0.3, -0.25) is 18.7 Å². The largest absolute Gasteiger partial charge is 0.469 e. The van der Waals surface area contributed by atoms with Crippen LogP contribution >= 0.6 is 7.82 Å². The van der Waals surface area contributed by atoms with Crippen LogP contribution in [0.3, 0.4) is 0 Å². The van der Waals surface area contributed by atoms with Crippen LogP contribution in [-0.2, 0) is 42.4 Å². The summed E-state index contributed by atoms with van der Waals surface area (Å²) in [6, 6.07) is -0.706. The first-order valence-electron chi connectivity index (χ1n) is 17.1. The maximum Gasteiger partial charge on any atom is 0.469 e. The van der Waals surface area contributed by atoms with Crippen molar-refractivity contribution in [3.8, 4) is 0 Å². The molecule has 1 saturated carbocycles. The van der Waals surface area contributed by atoms with Gasteiger partial charge in [-0.15, -0.1) is 0 Å². The quantitative estimate of drug-likeness (QED) is 0.0407. The van der Waals surface area contributed by atoms with Gasteiger partial charge in [0.25, 0.3) is 0 Å². The van der Waals surface area contributed by atoms with E-state index in [1.54, 1.807) is 0 Å². The SMILES string of the molecule is CC[C@H]1C[C@@H](OCCCCC(=O)NCCOCCOCO[C@@H]2[C@H](O)[C@@H](COP(=O)(O)O)O[C@H]2n2cnc3c(N)ncnc32)[C@H](NC(C)=O)[C@@H](O)[C@H]1O. The Morgan fingerprint density at radius 3 is 2.54 bits per heavy atom. The van der Waals surface area contributed by atoms with Gasteiger partial charge in [0.15, 0.2) is 17.7 Å². The van der Waals surface area contributed by atoms with Gasteiger partial charge in [0.1, 0.15) is 43.1 Å². The number of aromatic nitrogens is 4. The van der Waals surface area contributed by atoms with Crippen LogP contribution in [0, 0.1) is 5.92 Å². The molecule has 9 atom stereocenters.